The molecule has 5 nitrogen and oxygen atoms in total. The van der Waals surface area contributed by atoms with Crippen molar-refractivity contribution in [2.24, 2.45) is 0 Å². The number of hydrogen-bond acceptors (Lipinski definition) is 4. The molecule has 1 saturated heterocycles. The summed E-state index contributed by atoms with van der Waals surface area (Å²) in [5, 5.41) is 8.69. The van der Waals surface area contributed by atoms with E-state index in [0.29, 0.717) is 22.8 Å². The maximum atomic E-state index is 12.2. The summed E-state index contributed by atoms with van der Waals surface area (Å²) >= 11 is -1.18. The molecule has 1 aliphatic heterocycles. The summed E-state index contributed by atoms with van der Waals surface area (Å²) in [5.41, 5.74) is 0.694. The molecule has 1 fully saturated rings. The Hall–Kier alpha value is -1.08. The third kappa shape index (κ3) is 4.21. The van der Waals surface area contributed by atoms with Gasteiger partial charge in [-0.15, -0.1) is 0 Å². The van der Waals surface area contributed by atoms with Gasteiger partial charge in [0.25, 0.3) is 0 Å². The molecular weight excluding hydrogens is 280 g/mol. The molecule has 0 bridgehead atoms. The Bertz CT molecular complexity index is 471. The van der Waals surface area contributed by atoms with Crippen LogP contribution in [0.1, 0.15) is 19.4 Å². The van der Waals surface area contributed by atoms with Crippen LogP contribution in [0.2, 0.25) is 0 Å². The van der Waals surface area contributed by atoms with Crippen LogP contribution < -0.4 is 0 Å². The number of benzene rings is 1. The van der Waals surface area contributed by atoms with E-state index in [0.717, 1.165) is 0 Å². The third-order valence-corrected chi connectivity index (χ3v) is 4.42. The van der Waals surface area contributed by atoms with Gasteiger partial charge in [-0.05, 0) is 42.7 Å². The molecule has 1 aliphatic rings. The first-order valence-electron chi connectivity index (χ1n) is 6.36. The summed E-state index contributed by atoms with van der Waals surface area (Å²) in [6.07, 6.45) is -0.203. The average Bonchev–Trinajstić information content (AvgIpc) is 2.68. The third-order valence-electron chi connectivity index (χ3n) is 2.95. The zero-order valence-corrected chi connectivity index (χ0v) is 12.3. The fourth-order valence-corrected chi connectivity index (χ4v) is 3.18. The van der Waals surface area contributed by atoms with Crippen LogP contribution in [-0.2, 0) is 31.9 Å². The molecule has 0 spiro atoms. The molecule has 2 rings (SSSR count). The highest BCUT2D eigenvalue weighted by Gasteiger charge is 2.35. The lowest BCUT2D eigenvalue weighted by Gasteiger charge is -2.18. The van der Waals surface area contributed by atoms with E-state index in [4.69, 9.17) is 14.6 Å². The molecule has 1 aromatic carbocycles. The van der Waals surface area contributed by atoms with Gasteiger partial charge in [0.15, 0.2) is 10.7 Å². The largest absolute Gasteiger partial charge is 0.611 e. The molecular formula is C14H18O5S. The second kappa shape index (κ2) is 6.13. The predicted molar refractivity (Wildman–Crippen MR) is 74.0 cm³/mol. The van der Waals surface area contributed by atoms with Crippen LogP contribution in [0.4, 0.5) is 0 Å². The van der Waals surface area contributed by atoms with Crippen molar-refractivity contribution >= 4 is 17.1 Å². The van der Waals surface area contributed by atoms with Crippen LogP contribution in [0.25, 0.3) is 0 Å². The molecule has 2 unspecified atom stereocenters. The van der Waals surface area contributed by atoms with E-state index in [1.807, 2.05) is 13.8 Å². The molecule has 1 heterocycles. The van der Waals surface area contributed by atoms with E-state index in [2.05, 4.69) is 0 Å². The van der Waals surface area contributed by atoms with Crippen molar-refractivity contribution in [1.82, 2.24) is 0 Å². The summed E-state index contributed by atoms with van der Waals surface area (Å²) in [6.45, 7) is 4.10. The second-order valence-corrected chi connectivity index (χ2v) is 6.67. The Balaban J connectivity index is 1.92. The fourth-order valence-electron chi connectivity index (χ4n) is 2.04. The number of carboxylic acids is 1. The Morgan fingerprint density at radius 2 is 2.10 bits per heavy atom. The Labute approximate surface area is 121 Å². The Morgan fingerprint density at radius 1 is 1.45 bits per heavy atom. The number of carboxylic acid groups (broad SMARTS) is 1. The molecule has 1 N–H and O–H groups in total. The van der Waals surface area contributed by atoms with Gasteiger partial charge in [0.2, 0.25) is 0 Å². The highest BCUT2D eigenvalue weighted by molar-refractivity contribution is 7.91. The topological polar surface area (TPSA) is 78.8 Å². The summed E-state index contributed by atoms with van der Waals surface area (Å²) in [4.78, 5) is 11.3. The summed E-state index contributed by atoms with van der Waals surface area (Å²) in [7, 11) is 0. The van der Waals surface area contributed by atoms with E-state index < -0.39 is 22.9 Å². The number of ether oxygens (including phenoxy) is 2. The first-order valence-corrected chi connectivity index (χ1v) is 7.68. The lowest BCUT2D eigenvalue weighted by Crippen LogP contribution is -2.26. The first-order chi connectivity index (χ1) is 9.35. The normalized spacial score (nSPS) is 22.6. The minimum absolute atomic E-state index is 0.0271. The molecule has 0 aromatic heterocycles. The van der Waals surface area contributed by atoms with Gasteiger partial charge in [-0.2, -0.15) is 0 Å². The molecule has 0 radical (unpaired) electrons. The van der Waals surface area contributed by atoms with E-state index in [1.165, 1.54) is 0 Å². The molecule has 0 amide bonds. The molecule has 1 aromatic rings. The average molecular weight is 298 g/mol. The van der Waals surface area contributed by atoms with Crippen molar-refractivity contribution in [2.75, 3.05) is 12.4 Å². The number of aliphatic carboxylic acids is 1. The molecule has 0 saturated carbocycles. The highest BCUT2D eigenvalue weighted by atomic mass is 32.2. The SMILES string of the molecule is CC1(C)OCC(C[S+]([O-])c2ccc(CC(=O)O)cc2)O1. The van der Waals surface area contributed by atoms with Crippen molar-refractivity contribution in [3.8, 4) is 0 Å². The fraction of sp³-hybridized carbons (Fsp3) is 0.500. The number of hydrogen-bond donors (Lipinski definition) is 1. The van der Waals surface area contributed by atoms with Crippen molar-refractivity contribution in [3.63, 3.8) is 0 Å². The van der Waals surface area contributed by atoms with Crippen LogP contribution in [0.3, 0.4) is 0 Å². The maximum absolute atomic E-state index is 12.2. The number of rotatable bonds is 5. The van der Waals surface area contributed by atoms with Crippen molar-refractivity contribution in [1.29, 1.82) is 0 Å². The van der Waals surface area contributed by atoms with Crippen LogP contribution >= 0.6 is 0 Å². The standard InChI is InChI=1S/C14H18O5S/c1-14(2)18-8-11(19-14)9-20(17)12-5-3-10(4-6-12)7-13(15)16/h3-6,11H,7-9H2,1-2H3,(H,15,16). The number of carbonyl (C=O) groups is 1. The quantitative estimate of drug-likeness (QED) is 0.835. The summed E-state index contributed by atoms with van der Waals surface area (Å²) in [6, 6.07) is 6.79. The van der Waals surface area contributed by atoms with Gasteiger partial charge in [0.05, 0.1) is 13.0 Å². The lowest BCUT2D eigenvalue weighted by atomic mass is 10.2. The molecule has 110 valence electrons. The van der Waals surface area contributed by atoms with Gasteiger partial charge in [0, 0.05) is 0 Å². The predicted octanol–water partition coefficient (Wildman–Crippen LogP) is 1.57. The Kier molecular flexibility index (Phi) is 4.70. The summed E-state index contributed by atoms with van der Waals surface area (Å²) in [5.74, 6) is -1.11. The lowest BCUT2D eigenvalue weighted by molar-refractivity contribution is -0.136. The van der Waals surface area contributed by atoms with Crippen molar-refractivity contribution < 1.29 is 23.9 Å². The van der Waals surface area contributed by atoms with Gasteiger partial charge < -0.3 is 19.1 Å². The van der Waals surface area contributed by atoms with Crippen LogP contribution in [0.15, 0.2) is 29.2 Å². The van der Waals surface area contributed by atoms with Gasteiger partial charge in [-0.3, -0.25) is 4.79 Å². The van der Waals surface area contributed by atoms with E-state index in [1.54, 1.807) is 24.3 Å². The van der Waals surface area contributed by atoms with Crippen LogP contribution in [0.5, 0.6) is 0 Å². The van der Waals surface area contributed by atoms with Crippen molar-refractivity contribution in [3.05, 3.63) is 29.8 Å². The minimum atomic E-state index is -1.18. The highest BCUT2D eigenvalue weighted by Crippen LogP contribution is 2.25. The van der Waals surface area contributed by atoms with Crippen LogP contribution in [0, 0.1) is 0 Å². The van der Waals surface area contributed by atoms with E-state index in [9.17, 15) is 9.35 Å². The smallest absolute Gasteiger partial charge is 0.307 e. The van der Waals surface area contributed by atoms with Gasteiger partial charge in [-0.1, -0.05) is 12.1 Å². The van der Waals surface area contributed by atoms with Crippen LogP contribution in [-0.4, -0.2) is 39.9 Å². The second-order valence-electron chi connectivity index (χ2n) is 5.18. The maximum Gasteiger partial charge on any atom is 0.307 e. The molecule has 6 heteroatoms. The monoisotopic (exact) mass is 298 g/mol. The van der Waals surface area contributed by atoms with Gasteiger partial charge >= 0.3 is 5.97 Å². The van der Waals surface area contributed by atoms with Crippen molar-refractivity contribution in [2.45, 2.75) is 37.1 Å². The molecule has 0 aliphatic carbocycles. The summed E-state index contributed by atoms with van der Waals surface area (Å²) < 4.78 is 23.3. The zero-order chi connectivity index (χ0) is 14.8. The minimum Gasteiger partial charge on any atom is -0.611 e. The van der Waals surface area contributed by atoms with E-state index >= 15 is 0 Å². The molecule has 20 heavy (non-hydrogen) atoms. The Morgan fingerprint density at radius 3 is 2.60 bits per heavy atom. The van der Waals surface area contributed by atoms with E-state index in [-0.39, 0.29) is 12.5 Å². The molecule has 2 atom stereocenters. The first kappa shape index (κ1) is 15.3. The van der Waals surface area contributed by atoms with Gasteiger partial charge in [0.1, 0.15) is 11.9 Å². The van der Waals surface area contributed by atoms with Gasteiger partial charge in [-0.25, -0.2) is 0 Å². The zero-order valence-electron chi connectivity index (χ0n) is 11.5.